The molecule has 1 atom stereocenters. The van der Waals surface area contributed by atoms with Gasteiger partial charge >= 0.3 is 0 Å². The molecule has 1 unspecified atom stereocenters. The topological polar surface area (TPSA) is 40.2 Å². The van der Waals surface area contributed by atoms with E-state index in [1.165, 1.54) is 5.57 Å². The summed E-state index contributed by atoms with van der Waals surface area (Å²) in [4.78, 5) is 7.51. The van der Waals surface area contributed by atoms with E-state index in [1.807, 2.05) is 30.4 Å². The smallest absolute Gasteiger partial charge is 0.0740 e. The van der Waals surface area contributed by atoms with Gasteiger partial charge in [-0.05, 0) is 66.1 Å². The molecule has 0 spiro atoms. The molecule has 0 amide bonds. The van der Waals surface area contributed by atoms with Crippen LogP contribution in [0.5, 0.6) is 0 Å². The number of nitrogens with one attached hydrogen (secondary N) is 2. The number of aromatic nitrogens is 1. The van der Waals surface area contributed by atoms with Crippen LogP contribution < -0.4 is 15.5 Å². The third kappa shape index (κ3) is 6.91. The normalized spacial score (nSPS) is 18.8. The number of para-hydroxylation sites is 3. The molecular formula is C49H40N4. The number of fused-ring (bicyclic) bond motifs is 2. The van der Waals surface area contributed by atoms with Crippen LogP contribution in [0.4, 0.5) is 22.7 Å². The van der Waals surface area contributed by atoms with Crippen LogP contribution in [-0.4, -0.2) is 11.0 Å². The van der Waals surface area contributed by atoms with Gasteiger partial charge in [-0.15, -0.1) is 0 Å². The lowest BCUT2D eigenvalue weighted by Gasteiger charge is -2.30. The molecule has 8 rings (SSSR count). The predicted molar refractivity (Wildman–Crippen MR) is 225 cm³/mol. The van der Waals surface area contributed by atoms with Gasteiger partial charge in [0.25, 0.3) is 0 Å². The Labute approximate surface area is 312 Å². The predicted octanol–water partition coefficient (Wildman–Crippen LogP) is 12.2. The highest BCUT2D eigenvalue weighted by Crippen LogP contribution is 2.41. The quantitative estimate of drug-likeness (QED) is 0.160. The maximum absolute atomic E-state index is 5.31. The maximum Gasteiger partial charge on any atom is 0.0740 e. The van der Waals surface area contributed by atoms with Crippen molar-refractivity contribution in [2.75, 3.05) is 15.5 Å². The summed E-state index contributed by atoms with van der Waals surface area (Å²) in [6.45, 7) is 11.1. The van der Waals surface area contributed by atoms with E-state index in [-0.39, 0.29) is 6.04 Å². The molecule has 3 heterocycles. The van der Waals surface area contributed by atoms with Crippen LogP contribution in [0.3, 0.4) is 0 Å². The molecule has 4 heteroatoms. The van der Waals surface area contributed by atoms with Crippen molar-refractivity contribution < 1.29 is 0 Å². The zero-order chi connectivity index (χ0) is 36.1. The van der Waals surface area contributed by atoms with Crippen molar-refractivity contribution >= 4 is 33.9 Å². The summed E-state index contributed by atoms with van der Waals surface area (Å²) in [5.74, 6) is 0. The van der Waals surface area contributed by atoms with E-state index in [9.17, 15) is 0 Å². The summed E-state index contributed by atoms with van der Waals surface area (Å²) >= 11 is 0. The molecule has 53 heavy (non-hydrogen) atoms. The fraction of sp³-hybridized carbons (Fsp3) is 0.0408. The van der Waals surface area contributed by atoms with Gasteiger partial charge < -0.3 is 15.5 Å². The standard InChI is InChI=1S/C49H40N4/c1-34-18-16-17-31-53(39-21-8-5-9-22-39)36(3)40(34)30-29-35(2)41-23-10-13-26-44(41)50-38-32-47(37-19-6-4-7-20-37)52-48(33-38)49-42-24-11-14-27-45(42)51-46-28-15-12-25-43(46)49/h4-33,45,51H,1-2H2,3H3,(H,50,52)/b18-16-,30-29-,31-17-,40-36-. The van der Waals surface area contributed by atoms with Crippen molar-refractivity contribution in [3.8, 4) is 11.3 Å². The molecule has 4 nitrogen and oxygen atoms in total. The lowest BCUT2D eigenvalue weighted by molar-refractivity contribution is 1.02. The molecule has 256 valence electrons. The number of benzene rings is 4. The molecular weight excluding hydrogens is 645 g/mol. The minimum absolute atomic E-state index is 0.0679. The van der Waals surface area contributed by atoms with Crippen LogP contribution >= 0.6 is 0 Å². The van der Waals surface area contributed by atoms with E-state index in [2.05, 4.69) is 187 Å². The molecule has 1 aliphatic carbocycles. The minimum atomic E-state index is 0.0679. The Hall–Kier alpha value is -6.91. The van der Waals surface area contributed by atoms with Gasteiger partial charge in [-0.3, -0.25) is 0 Å². The van der Waals surface area contributed by atoms with E-state index in [1.54, 1.807) is 0 Å². The van der Waals surface area contributed by atoms with Crippen LogP contribution in [0.2, 0.25) is 0 Å². The highest BCUT2D eigenvalue weighted by Gasteiger charge is 2.27. The van der Waals surface area contributed by atoms with Gasteiger partial charge in [0.1, 0.15) is 0 Å². The van der Waals surface area contributed by atoms with E-state index in [0.29, 0.717) is 0 Å². The fourth-order valence-corrected chi connectivity index (χ4v) is 7.10. The monoisotopic (exact) mass is 684 g/mol. The Bertz CT molecular complexity index is 2440. The van der Waals surface area contributed by atoms with Crippen LogP contribution in [0.1, 0.15) is 23.7 Å². The molecule has 0 fully saturated rings. The zero-order valence-corrected chi connectivity index (χ0v) is 29.7. The highest BCUT2D eigenvalue weighted by atomic mass is 15.1. The van der Waals surface area contributed by atoms with Gasteiger partial charge in [0.2, 0.25) is 0 Å². The first-order chi connectivity index (χ1) is 26.0. The van der Waals surface area contributed by atoms with E-state index < -0.39 is 0 Å². The molecule has 5 aromatic rings. The first kappa shape index (κ1) is 33.2. The molecule has 0 saturated heterocycles. The minimum Gasteiger partial charge on any atom is -0.374 e. The van der Waals surface area contributed by atoms with Gasteiger partial charge in [-0.2, -0.15) is 0 Å². The summed E-state index contributed by atoms with van der Waals surface area (Å²) in [5.41, 5.74) is 15.3. The van der Waals surface area contributed by atoms with E-state index in [0.717, 1.165) is 78.8 Å². The summed E-state index contributed by atoms with van der Waals surface area (Å²) < 4.78 is 0. The van der Waals surface area contributed by atoms with Crippen molar-refractivity contribution in [2.24, 2.45) is 0 Å². The van der Waals surface area contributed by atoms with Crippen molar-refractivity contribution in [1.29, 1.82) is 0 Å². The molecule has 0 saturated carbocycles. The Morgan fingerprint density at radius 3 is 2.36 bits per heavy atom. The summed E-state index contributed by atoms with van der Waals surface area (Å²) in [7, 11) is 0. The average Bonchev–Trinajstić information content (AvgIpc) is 3.20. The molecule has 4 aromatic carbocycles. The van der Waals surface area contributed by atoms with Crippen LogP contribution in [0, 0.1) is 0 Å². The lowest BCUT2D eigenvalue weighted by atomic mass is 9.85. The second kappa shape index (κ2) is 14.7. The zero-order valence-electron chi connectivity index (χ0n) is 29.7. The van der Waals surface area contributed by atoms with E-state index >= 15 is 0 Å². The number of pyridine rings is 1. The van der Waals surface area contributed by atoms with Gasteiger partial charge in [0.05, 0.1) is 17.4 Å². The number of nitrogens with zero attached hydrogens (tertiary/aromatic N) is 2. The second-order valence-corrected chi connectivity index (χ2v) is 13.2. The van der Waals surface area contributed by atoms with E-state index in [4.69, 9.17) is 4.98 Å². The van der Waals surface area contributed by atoms with Crippen LogP contribution in [0.25, 0.3) is 22.4 Å². The molecule has 0 bridgehead atoms. The maximum atomic E-state index is 5.31. The molecule has 2 N–H and O–H groups in total. The van der Waals surface area contributed by atoms with Crippen molar-refractivity contribution in [2.45, 2.75) is 13.0 Å². The largest absolute Gasteiger partial charge is 0.374 e. The molecule has 0 radical (unpaired) electrons. The van der Waals surface area contributed by atoms with Crippen LogP contribution in [-0.2, 0) is 0 Å². The third-order valence-corrected chi connectivity index (χ3v) is 9.75. The van der Waals surface area contributed by atoms with Gasteiger partial charge in [0.15, 0.2) is 0 Å². The van der Waals surface area contributed by atoms with Crippen molar-refractivity contribution in [1.82, 2.24) is 4.98 Å². The summed E-state index contributed by atoms with van der Waals surface area (Å²) in [5, 5.41) is 7.48. The SMILES string of the molecule is C=C1/C=C\C=C/N(c2ccccc2)/C(C)=C1/C=C\C(=C)c1ccccc1Nc1cc(C2=C3C=CC=CC3Nc3ccccc32)nc(-c2ccccc2)c1. The summed E-state index contributed by atoms with van der Waals surface area (Å²) in [6.07, 6.45) is 21.0. The number of hydrogen-bond acceptors (Lipinski definition) is 4. The number of rotatable bonds is 8. The van der Waals surface area contributed by atoms with Crippen LogP contribution in [0.15, 0.2) is 218 Å². The average molecular weight is 685 g/mol. The van der Waals surface area contributed by atoms with Gasteiger partial charge in [-0.1, -0.05) is 147 Å². The first-order valence-electron chi connectivity index (χ1n) is 17.9. The lowest BCUT2D eigenvalue weighted by Crippen LogP contribution is -2.26. The van der Waals surface area contributed by atoms with Gasteiger partial charge in [0, 0.05) is 62.5 Å². The number of allylic oxidation sites excluding steroid dienone is 11. The number of anilines is 4. The third-order valence-electron chi connectivity index (χ3n) is 9.75. The fourth-order valence-electron chi connectivity index (χ4n) is 7.10. The second-order valence-electron chi connectivity index (χ2n) is 13.2. The van der Waals surface area contributed by atoms with Gasteiger partial charge in [-0.25, -0.2) is 4.98 Å². The Morgan fingerprint density at radius 2 is 1.51 bits per heavy atom. The molecule has 2 aliphatic heterocycles. The molecule has 1 aromatic heterocycles. The van der Waals surface area contributed by atoms with Crippen molar-refractivity contribution in [3.05, 3.63) is 235 Å². The van der Waals surface area contributed by atoms with Crippen molar-refractivity contribution in [3.63, 3.8) is 0 Å². The Morgan fingerprint density at radius 1 is 0.792 bits per heavy atom. The Kier molecular flexibility index (Phi) is 9.25. The molecule has 3 aliphatic rings. The number of hydrogen-bond donors (Lipinski definition) is 2. The first-order valence-corrected chi connectivity index (χ1v) is 17.9. The summed E-state index contributed by atoms with van der Waals surface area (Å²) in [6, 6.07) is 41.9. The highest BCUT2D eigenvalue weighted by molar-refractivity contribution is 5.94. The Balaban J connectivity index is 1.18.